The Labute approximate surface area is 116 Å². The van der Waals surface area contributed by atoms with Crippen LogP contribution in [0.15, 0.2) is 42.5 Å². The molecule has 1 aromatic carbocycles. The van der Waals surface area contributed by atoms with Gasteiger partial charge < -0.3 is 5.73 Å². The average Bonchev–Trinajstić information content (AvgIpc) is 2.38. The summed E-state index contributed by atoms with van der Waals surface area (Å²) < 4.78 is 0. The van der Waals surface area contributed by atoms with E-state index in [1.54, 1.807) is 5.57 Å². The fourth-order valence-corrected chi connectivity index (χ4v) is 3.72. The number of benzene rings is 1. The molecule has 0 atom stereocenters. The molecule has 0 radical (unpaired) electrons. The lowest BCUT2D eigenvalue weighted by atomic mass is 9.52. The predicted octanol–water partition coefficient (Wildman–Crippen LogP) is 4.08. The quantitative estimate of drug-likeness (QED) is 0.863. The Bertz CT molecular complexity index is 515. The second-order valence-corrected chi connectivity index (χ2v) is 6.36. The highest BCUT2D eigenvalue weighted by Gasteiger charge is 2.48. The molecule has 2 bridgehead atoms. The fourth-order valence-electron chi connectivity index (χ4n) is 3.72. The van der Waals surface area contributed by atoms with Crippen LogP contribution in [0, 0.1) is 18.3 Å². The number of hydrogen-bond acceptors (Lipinski definition) is 1. The lowest BCUT2D eigenvalue weighted by molar-refractivity contribution is 0.0601. The van der Waals surface area contributed by atoms with Crippen molar-refractivity contribution in [3.05, 3.63) is 53.6 Å². The third kappa shape index (κ3) is 2.17. The zero-order valence-corrected chi connectivity index (χ0v) is 11.8. The van der Waals surface area contributed by atoms with Gasteiger partial charge in [-0.2, -0.15) is 0 Å². The number of rotatable bonds is 3. The van der Waals surface area contributed by atoms with Crippen molar-refractivity contribution >= 4 is 5.57 Å². The summed E-state index contributed by atoms with van der Waals surface area (Å²) in [7, 11) is 0. The van der Waals surface area contributed by atoms with Crippen LogP contribution in [0.25, 0.3) is 5.57 Å². The van der Waals surface area contributed by atoms with Crippen LogP contribution in [0.1, 0.15) is 36.8 Å². The molecular formula is C18H23N. The Hall–Kier alpha value is -1.34. The molecular weight excluding hydrogens is 230 g/mol. The zero-order chi connectivity index (χ0) is 13.5. The summed E-state index contributed by atoms with van der Waals surface area (Å²) in [6.45, 7) is 7.17. The van der Waals surface area contributed by atoms with Gasteiger partial charge in [0, 0.05) is 12.0 Å². The topological polar surface area (TPSA) is 26.0 Å². The summed E-state index contributed by atoms with van der Waals surface area (Å²) in [4.78, 5) is 0. The summed E-state index contributed by atoms with van der Waals surface area (Å²) in [5.41, 5.74) is 11.5. The van der Waals surface area contributed by atoms with Gasteiger partial charge in [-0.05, 0) is 49.7 Å². The van der Waals surface area contributed by atoms with E-state index in [1.165, 1.54) is 36.8 Å². The van der Waals surface area contributed by atoms with E-state index in [2.05, 4.69) is 43.8 Å². The minimum absolute atomic E-state index is 0.316. The molecule has 2 N–H and O–H groups in total. The van der Waals surface area contributed by atoms with Crippen molar-refractivity contribution in [1.29, 1.82) is 0 Å². The van der Waals surface area contributed by atoms with E-state index in [1.807, 2.05) is 0 Å². The Balaban J connectivity index is 1.84. The van der Waals surface area contributed by atoms with Crippen LogP contribution < -0.4 is 5.73 Å². The molecule has 0 aromatic heterocycles. The molecule has 0 heterocycles. The third-order valence-electron chi connectivity index (χ3n) is 5.02. The smallest absolute Gasteiger partial charge is 0.00431 e. The zero-order valence-electron chi connectivity index (χ0n) is 11.8. The Morgan fingerprint density at radius 1 is 1.37 bits per heavy atom. The first kappa shape index (κ1) is 12.7. The van der Waals surface area contributed by atoms with Crippen molar-refractivity contribution < 1.29 is 0 Å². The number of fused-ring (bicyclic) bond motifs is 2. The molecule has 0 aliphatic heterocycles. The Morgan fingerprint density at radius 2 is 2.05 bits per heavy atom. The highest BCUT2D eigenvalue weighted by Crippen LogP contribution is 2.58. The maximum Gasteiger partial charge on any atom is 0.00431 e. The number of aryl methyl sites for hydroxylation is 1. The molecule has 0 saturated heterocycles. The van der Waals surface area contributed by atoms with Gasteiger partial charge in [0.15, 0.2) is 0 Å². The average molecular weight is 253 g/mol. The molecule has 3 saturated carbocycles. The van der Waals surface area contributed by atoms with Gasteiger partial charge in [0.1, 0.15) is 0 Å². The van der Waals surface area contributed by atoms with E-state index in [0.29, 0.717) is 5.41 Å². The third-order valence-corrected chi connectivity index (χ3v) is 5.02. The molecule has 1 nitrogen and oxygen atoms in total. The van der Waals surface area contributed by atoms with E-state index in [9.17, 15) is 0 Å². The van der Waals surface area contributed by atoms with Crippen LogP contribution >= 0.6 is 0 Å². The van der Waals surface area contributed by atoms with Crippen LogP contribution in [-0.2, 0) is 0 Å². The van der Waals surface area contributed by atoms with Crippen LogP contribution in [0.5, 0.6) is 0 Å². The molecule has 100 valence electrons. The SMILES string of the molecule is C=C(C=C1CCC2CC1(CN)C2)c1ccc(C)cc1. The minimum atomic E-state index is 0.316. The maximum atomic E-state index is 6.03. The van der Waals surface area contributed by atoms with E-state index >= 15 is 0 Å². The lowest BCUT2D eigenvalue weighted by Gasteiger charge is -2.54. The Kier molecular flexibility index (Phi) is 3.10. The first-order valence-electron chi connectivity index (χ1n) is 7.30. The molecule has 0 spiro atoms. The molecule has 1 aromatic rings. The monoisotopic (exact) mass is 253 g/mol. The molecule has 0 amide bonds. The molecule has 19 heavy (non-hydrogen) atoms. The lowest BCUT2D eigenvalue weighted by Crippen LogP contribution is -2.48. The summed E-state index contributed by atoms with van der Waals surface area (Å²) in [6, 6.07) is 8.63. The second kappa shape index (κ2) is 4.64. The standard InChI is InChI=1S/C18H23N/c1-13-3-6-16(7-4-13)14(2)9-17-8-5-15-10-18(17,11-15)12-19/h3-4,6-7,9,15H,2,5,8,10-12,19H2,1H3. The van der Waals surface area contributed by atoms with Crippen molar-refractivity contribution in [1.82, 2.24) is 0 Å². The molecule has 3 aliphatic carbocycles. The molecule has 0 unspecified atom stereocenters. The van der Waals surface area contributed by atoms with Crippen LogP contribution in [-0.4, -0.2) is 6.54 Å². The van der Waals surface area contributed by atoms with Crippen molar-refractivity contribution in [2.75, 3.05) is 6.54 Å². The summed E-state index contributed by atoms with van der Waals surface area (Å²) >= 11 is 0. The van der Waals surface area contributed by atoms with Gasteiger partial charge in [-0.1, -0.05) is 48.1 Å². The van der Waals surface area contributed by atoms with Gasteiger partial charge in [0.2, 0.25) is 0 Å². The normalized spacial score (nSPS) is 31.1. The highest BCUT2D eigenvalue weighted by molar-refractivity contribution is 5.73. The van der Waals surface area contributed by atoms with Gasteiger partial charge in [-0.3, -0.25) is 0 Å². The summed E-state index contributed by atoms with van der Waals surface area (Å²) in [5.74, 6) is 0.938. The van der Waals surface area contributed by atoms with E-state index in [-0.39, 0.29) is 0 Å². The highest BCUT2D eigenvalue weighted by atomic mass is 14.7. The van der Waals surface area contributed by atoms with E-state index in [4.69, 9.17) is 5.73 Å². The second-order valence-electron chi connectivity index (χ2n) is 6.36. The van der Waals surface area contributed by atoms with Gasteiger partial charge >= 0.3 is 0 Å². The van der Waals surface area contributed by atoms with Gasteiger partial charge in [-0.15, -0.1) is 0 Å². The largest absolute Gasteiger partial charge is 0.330 e. The molecule has 1 heteroatoms. The van der Waals surface area contributed by atoms with Crippen molar-refractivity contribution in [3.63, 3.8) is 0 Å². The fraction of sp³-hybridized carbons (Fsp3) is 0.444. The predicted molar refractivity (Wildman–Crippen MR) is 81.7 cm³/mol. The maximum absolute atomic E-state index is 6.03. The summed E-state index contributed by atoms with van der Waals surface area (Å²) in [6.07, 6.45) is 7.47. The van der Waals surface area contributed by atoms with Gasteiger partial charge in [-0.25, -0.2) is 0 Å². The first-order chi connectivity index (χ1) is 9.13. The Morgan fingerprint density at radius 3 is 2.68 bits per heavy atom. The summed E-state index contributed by atoms with van der Waals surface area (Å²) in [5, 5.41) is 0. The van der Waals surface area contributed by atoms with Crippen molar-refractivity contribution in [2.24, 2.45) is 17.1 Å². The van der Waals surface area contributed by atoms with E-state index in [0.717, 1.165) is 18.0 Å². The van der Waals surface area contributed by atoms with Crippen molar-refractivity contribution in [3.8, 4) is 0 Å². The molecule has 3 aliphatic rings. The molecule has 3 fully saturated rings. The molecule has 4 rings (SSSR count). The van der Waals surface area contributed by atoms with Gasteiger partial charge in [0.05, 0.1) is 0 Å². The van der Waals surface area contributed by atoms with Gasteiger partial charge in [0.25, 0.3) is 0 Å². The van der Waals surface area contributed by atoms with Crippen LogP contribution in [0.2, 0.25) is 0 Å². The van der Waals surface area contributed by atoms with Crippen LogP contribution in [0.3, 0.4) is 0 Å². The number of allylic oxidation sites excluding steroid dienone is 2. The minimum Gasteiger partial charge on any atom is -0.330 e. The van der Waals surface area contributed by atoms with E-state index < -0.39 is 0 Å². The first-order valence-corrected chi connectivity index (χ1v) is 7.30. The van der Waals surface area contributed by atoms with Crippen LogP contribution in [0.4, 0.5) is 0 Å². The van der Waals surface area contributed by atoms with Crippen molar-refractivity contribution in [2.45, 2.75) is 32.6 Å². The number of hydrogen-bond donors (Lipinski definition) is 1. The number of nitrogens with two attached hydrogens (primary N) is 1.